The standard InChI is InChI=1S/C10H16F2N4/c1-2-8-13-9(15-14-8)7-16-5-3-10(11,12)4-6-16/h2-7H2,1H3,(H,13,14,15). The van der Waals surface area contributed by atoms with E-state index >= 15 is 0 Å². The maximum atomic E-state index is 12.9. The Bertz CT molecular complexity index is 340. The van der Waals surface area contributed by atoms with Crippen LogP contribution in [0.1, 0.15) is 31.4 Å². The third kappa shape index (κ3) is 2.75. The lowest BCUT2D eigenvalue weighted by Crippen LogP contribution is -2.39. The molecular weight excluding hydrogens is 214 g/mol. The summed E-state index contributed by atoms with van der Waals surface area (Å²) >= 11 is 0. The van der Waals surface area contributed by atoms with Crippen molar-refractivity contribution in [3.8, 4) is 0 Å². The highest BCUT2D eigenvalue weighted by Crippen LogP contribution is 2.27. The lowest BCUT2D eigenvalue weighted by Gasteiger charge is -2.30. The Morgan fingerprint density at radius 3 is 2.62 bits per heavy atom. The minimum absolute atomic E-state index is 0.0538. The first kappa shape index (κ1) is 11.4. The van der Waals surface area contributed by atoms with Gasteiger partial charge in [-0.1, -0.05) is 6.92 Å². The first-order valence-corrected chi connectivity index (χ1v) is 5.59. The first-order valence-electron chi connectivity index (χ1n) is 5.59. The number of hydrogen-bond acceptors (Lipinski definition) is 3. The van der Waals surface area contributed by atoms with E-state index in [0.29, 0.717) is 19.6 Å². The number of aromatic amines is 1. The minimum atomic E-state index is -2.48. The van der Waals surface area contributed by atoms with Crippen molar-refractivity contribution >= 4 is 0 Å². The van der Waals surface area contributed by atoms with Gasteiger partial charge in [-0.25, -0.2) is 13.8 Å². The second-order valence-corrected chi connectivity index (χ2v) is 4.18. The van der Waals surface area contributed by atoms with Crippen LogP contribution >= 0.6 is 0 Å². The van der Waals surface area contributed by atoms with Gasteiger partial charge in [0.1, 0.15) is 11.6 Å². The van der Waals surface area contributed by atoms with Gasteiger partial charge >= 0.3 is 0 Å². The van der Waals surface area contributed by atoms with Crippen LogP contribution in [0.5, 0.6) is 0 Å². The maximum absolute atomic E-state index is 12.9. The number of halogens is 2. The zero-order valence-electron chi connectivity index (χ0n) is 9.34. The molecular formula is C10H16F2N4. The molecule has 1 saturated heterocycles. The number of rotatable bonds is 3. The van der Waals surface area contributed by atoms with E-state index in [0.717, 1.165) is 18.1 Å². The summed E-state index contributed by atoms with van der Waals surface area (Å²) in [6.07, 6.45) is 0.679. The van der Waals surface area contributed by atoms with Crippen LogP contribution < -0.4 is 0 Å². The Morgan fingerprint density at radius 1 is 1.38 bits per heavy atom. The summed E-state index contributed by atoms with van der Waals surface area (Å²) in [6.45, 7) is 3.42. The van der Waals surface area contributed by atoms with Crippen LogP contribution in [0, 0.1) is 0 Å². The summed E-state index contributed by atoms with van der Waals surface area (Å²) in [6, 6.07) is 0. The van der Waals surface area contributed by atoms with Crippen molar-refractivity contribution in [1.82, 2.24) is 20.1 Å². The summed E-state index contributed by atoms with van der Waals surface area (Å²) < 4.78 is 25.8. The van der Waals surface area contributed by atoms with Gasteiger partial charge in [-0.3, -0.25) is 10.00 Å². The van der Waals surface area contributed by atoms with E-state index in [1.165, 1.54) is 0 Å². The Kier molecular flexibility index (Phi) is 3.18. The van der Waals surface area contributed by atoms with Crippen LogP contribution in [-0.2, 0) is 13.0 Å². The van der Waals surface area contributed by atoms with Gasteiger partial charge in [-0.05, 0) is 0 Å². The summed E-state index contributed by atoms with van der Waals surface area (Å²) in [5.41, 5.74) is 0. The zero-order chi connectivity index (χ0) is 11.6. The molecule has 0 atom stereocenters. The molecule has 1 aromatic heterocycles. The number of likely N-dealkylation sites (tertiary alicyclic amines) is 1. The van der Waals surface area contributed by atoms with E-state index in [4.69, 9.17) is 0 Å². The molecule has 0 unspecified atom stereocenters. The third-order valence-electron chi connectivity index (χ3n) is 2.86. The van der Waals surface area contributed by atoms with E-state index < -0.39 is 5.92 Å². The predicted octanol–water partition coefficient (Wildman–Crippen LogP) is 1.60. The molecule has 0 bridgehead atoms. The normalized spacial score (nSPS) is 21.2. The molecule has 0 aliphatic carbocycles. The topological polar surface area (TPSA) is 44.8 Å². The SMILES string of the molecule is CCc1n[nH]c(CN2CCC(F)(F)CC2)n1. The quantitative estimate of drug-likeness (QED) is 0.857. The summed E-state index contributed by atoms with van der Waals surface area (Å²) in [7, 11) is 0. The van der Waals surface area contributed by atoms with Crippen molar-refractivity contribution in [2.45, 2.75) is 38.7 Å². The Labute approximate surface area is 93.1 Å². The molecule has 1 N–H and O–H groups in total. The molecule has 0 aromatic carbocycles. The average Bonchev–Trinajstić information content (AvgIpc) is 2.69. The summed E-state index contributed by atoms with van der Waals surface area (Å²) in [5.74, 6) is -0.939. The molecule has 2 rings (SSSR count). The summed E-state index contributed by atoms with van der Waals surface area (Å²) in [4.78, 5) is 6.25. The molecule has 16 heavy (non-hydrogen) atoms. The second-order valence-electron chi connectivity index (χ2n) is 4.18. The van der Waals surface area contributed by atoms with E-state index in [-0.39, 0.29) is 12.8 Å². The molecule has 1 aliphatic rings. The van der Waals surface area contributed by atoms with Gasteiger partial charge in [0.05, 0.1) is 6.54 Å². The van der Waals surface area contributed by atoms with Crippen molar-refractivity contribution in [3.63, 3.8) is 0 Å². The molecule has 1 aromatic rings. The number of piperidine rings is 1. The van der Waals surface area contributed by atoms with Crippen LogP contribution in [0.4, 0.5) is 8.78 Å². The van der Waals surface area contributed by atoms with Crippen molar-refractivity contribution in [2.75, 3.05) is 13.1 Å². The highest BCUT2D eigenvalue weighted by molar-refractivity contribution is 4.91. The number of alkyl halides is 2. The Balaban J connectivity index is 1.87. The van der Waals surface area contributed by atoms with Crippen molar-refractivity contribution in [2.24, 2.45) is 0 Å². The molecule has 1 aliphatic heterocycles. The molecule has 0 spiro atoms. The Morgan fingerprint density at radius 2 is 2.06 bits per heavy atom. The predicted molar refractivity (Wildman–Crippen MR) is 55.2 cm³/mol. The van der Waals surface area contributed by atoms with Crippen LogP contribution in [0.25, 0.3) is 0 Å². The maximum Gasteiger partial charge on any atom is 0.250 e. The fraction of sp³-hybridized carbons (Fsp3) is 0.800. The van der Waals surface area contributed by atoms with Gasteiger partial charge in [0.25, 0.3) is 5.92 Å². The molecule has 90 valence electrons. The van der Waals surface area contributed by atoms with Crippen molar-refractivity contribution in [1.29, 1.82) is 0 Å². The van der Waals surface area contributed by atoms with Crippen LogP contribution in [0.3, 0.4) is 0 Å². The van der Waals surface area contributed by atoms with Gasteiger partial charge in [-0.15, -0.1) is 0 Å². The fourth-order valence-corrected chi connectivity index (χ4v) is 1.81. The van der Waals surface area contributed by atoms with E-state index in [1.54, 1.807) is 0 Å². The zero-order valence-corrected chi connectivity index (χ0v) is 9.34. The smallest absolute Gasteiger partial charge is 0.250 e. The van der Waals surface area contributed by atoms with E-state index in [2.05, 4.69) is 15.2 Å². The largest absolute Gasteiger partial charge is 0.296 e. The monoisotopic (exact) mass is 230 g/mol. The number of aryl methyl sites for hydroxylation is 1. The van der Waals surface area contributed by atoms with Gasteiger partial charge in [-0.2, -0.15) is 5.10 Å². The number of H-pyrrole nitrogens is 1. The van der Waals surface area contributed by atoms with Gasteiger partial charge < -0.3 is 0 Å². The third-order valence-corrected chi connectivity index (χ3v) is 2.86. The summed E-state index contributed by atoms with van der Waals surface area (Å²) in [5, 5.41) is 6.85. The number of hydrogen-bond donors (Lipinski definition) is 1. The Hall–Kier alpha value is -1.04. The van der Waals surface area contributed by atoms with Crippen LogP contribution in [0.2, 0.25) is 0 Å². The molecule has 2 heterocycles. The van der Waals surface area contributed by atoms with E-state index in [9.17, 15) is 8.78 Å². The molecule has 1 fully saturated rings. The molecule has 4 nitrogen and oxygen atoms in total. The molecule has 0 amide bonds. The second kappa shape index (κ2) is 4.45. The average molecular weight is 230 g/mol. The van der Waals surface area contributed by atoms with Crippen molar-refractivity contribution < 1.29 is 8.78 Å². The number of nitrogens with zero attached hydrogens (tertiary/aromatic N) is 3. The first-order chi connectivity index (χ1) is 7.59. The number of aromatic nitrogens is 3. The fourth-order valence-electron chi connectivity index (χ4n) is 1.81. The van der Waals surface area contributed by atoms with Gasteiger partial charge in [0, 0.05) is 32.4 Å². The number of nitrogens with one attached hydrogen (secondary N) is 1. The molecule has 0 saturated carbocycles. The van der Waals surface area contributed by atoms with Gasteiger partial charge in [0.2, 0.25) is 0 Å². The van der Waals surface area contributed by atoms with Crippen molar-refractivity contribution in [3.05, 3.63) is 11.6 Å². The minimum Gasteiger partial charge on any atom is -0.296 e. The van der Waals surface area contributed by atoms with Crippen LogP contribution in [0.15, 0.2) is 0 Å². The highest BCUT2D eigenvalue weighted by Gasteiger charge is 2.33. The lowest BCUT2D eigenvalue weighted by molar-refractivity contribution is -0.0570. The molecule has 0 radical (unpaired) electrons. The lowest BCUT2D eigenvalue weighted by atomic mass is 10.1. The van der Waals surface area contributed by atoms with E-state index in [1.807, 2.05) is 11.8 Å². The highest BCUT2D eigenvalue weighted by atomic mass is 19.3. The van der Waals surface area contributed by atoms with Gasteiger partial charge in [0.15, 0.2) is 0 Å². The van der Waals surface area contributed by atoms with Crippen LogP contribution in [-0.4, -0.2) is 39.1 Å². The molecule has 6 heteroatoms.